The Hall–Kier alpha value is -1.29. The number of furan rings is 1. The van der Waals surface area contributed by atoms with E-state index in [0.717, 1.165) is 25.1 Å². The summed E-state index contributed by atoms with van der Waals surface area (Å²) in [6.45, 7) is 5.79. The van der Waals surface area contributed by atoms with Crippen LogP contribution in [0.2, 0.25) is 0 Å². The molecule has 0 aliphatic heterocycles. The fraction of sp³-hybridized carbons (Fsp3) is 0.583. The highest BCUT2D eigenvalue weighted by Crippen LogP contribution is 2.10. The number of nitrogens with two attached hydrogens (primary N) is 1. The van der Waals surface area contributed by atoms with E-state index in [1.54, 1.807) is 11.0 Å². The third kappa shape index (κ3) is 3.38. The lowest BCUT2D eigenvalue weighted by Crippen LogP contribution is -2.35. The number of hydrogen-bond acceptors (Lipinski definition) is 3. The van der Waals surface area contributed by atoms with Crippen LogP contribution in [0.4, 0.5) is 0 Å². The van der Waals surface area contributed by atoms with Gasteiger partial charge in [0.15, 0.2) is 0 Å². The first kappa shape index (κ1) is 12.8. The van der Waals surface area contributed by atoms with Gasteiger partial charge in [-0.3, -0.25) is 4.79 Å². The fourth-order valence-electron chi connectivity index (χ4n) is 1.56. The van der Waals surface area contributed by atoms with Crippen molar-refractivity contribution in [1.82, 2.24) is 4.90 Å². The summed E-state index contributed by atoms with van der Waals surface area (Å²) in [5.74, 6) is 0.766. The quantitative estimate of drug-likeness (QED) is 0.801. The molecule has 0 aromatic carbocycles. The minimum Gasteiger partial charge on any atom is -0.469 e. The summed E-state index contributed by atoms with van der Waals surface area (Å²) in [4.78, 5) is 13.8. The molecule has 0 bridgehead atoms. The van der Waals surface area contributed by atoms with Gasteiger partial charge in [-0.1, -0.05) is 13.3 Å². The highest BCUT2D eigenvalue weighted by atomic mass is 16.3. The van der Waals surface area contributed by atoms with Gasteiger partial charge in [0.1, 0.15) is 12.0 Å². The molecule has 4 heteroatoms. The van der Waals surface area contributed by atoms with E-state index in [-0.39, 0.29) is 5.91 Å². The molecule has 0 saturated carbocycles. The van der Waals surface area contributed by atoms with E-state index in [4.69, 9.17) is 10.2 Å². The Morgan fingerprint density at radius 3 is 2.75 bits per heavy atom. The molecule has 1 amide bonds. The monoisotopic (exact) mass is 224 g/mol. The van der Waals surface area contributed by atoms with E-state index in [2.05, 4.69) is 6.92 Å². The summed E-state index contributed by atoms with van der Waals surface area (Å²) in [7, 11) is 0. The van der Waals surface area contributed by atoms with Crippen molar-refractivity contribution in [3.05, 3.63) is 23.7 Å². The van der Waals surface area contributed by atoms with Crippen LogP contribution in [0.15, 0.2) is 16.7 Å². The number of hydrogen-bond donors (Lipinski definition) is 1. The number of aryl methyl sites for hydroxylation is 1. The minimum absolute atomic E-state index is 0.00995. The van der Waals surface area contributed by atoms with Gasteiger partial charge < -0.3 is 15.1 Å². The summed E-state index contributed by atoms with van der Waals surface area (Å²) in [6.07, 6.45) is 3.58. The molecule has 1 heterocycles. The van der Waals surface area contributed by atoms with Crippen molar-refractivity contribution < 1.29 is 9.21 Å². The summed E-state index contributed by atoms with van der Waals surface area (Å²) in [5, 5.41) is 0. The van der Waals surface area contributed by atoms with Crippen LogP contribution in [0.25, 0.3) is 0 Å². The third-order valence-electron chi connectivity index (χ3n) is 2.45. The maximum Gasteiger partial charge on any atom is 0.257 e. The van der Waals surface area contributed by atoms with Crippen LogP contribution in [-0.2, 0) is 0 Å². The van der Waals surface area contributed by atoms with Gasteiger partial charge in [-0.05, 0) is 19.4 Å². The second-order valence-corrected chi connectivity index (χ2v) is 3.88. The Balaban J connectivity index is 2.66. The van der Waals surface area contributed by atoms with Gasteiger partial charge in [-0.15, -0.1) is 0 Å². The van der Waals surface area contributed by atoms with Gasteiger partial charge >= 0.3 is 0 Å². The Labute approximate surface area is 96.4 Å². The lowest BCUT2D eigenvalue weighted by atomic mass is 10.2. The zero-order chi connectivity index (χ0) is 12.0. The molecular weight excluding hydrogens is 204 g/mol. The van der Waals surface area contributed by atoms with E-state index < -0.39 is 0 Å². The van der Waals surface area contributed by atoms with E-state index in [1.165, 1.54) is 6.26 Å². The Morgan fingerprint density at radius 1 is 1.50 bits per heavy atom. The molecule has 0 unspecified atom stereocenters. The second kappa shape index (κ2) is 6.33. The highest BCUT2D eigenvalue weighted by Gasteiger charge is 2.16. The number of amides is 1. The van der Waals surface area contributed by atoms with Crippen molar-refractivity contribution >= 4 is 5.91 Å². The van der Waals surface area contributed by atoms with Crippen LogP contribution >= 0.6 is 0 Å². The molecular formula is C12H20N2O2. The van der Waals surface area contributed by atoms with Crippen LogP contribution in [0.1, 0.15) is 35.9 Å². The summed E-state index contributed by atoms with van der Waals surface area (Å²) >= 11 is 0. The van der Waals surface area contributed by atoms with Crippen LogP contribution in [0.5, 0.6) is 0 Å². The molecule has 1 aromatic heterocycles. The van der Waals surface area contributed by atoms with Crippen LogP contribution in [0, 0.1) is 6.92 Å². The fourth-order valence-corrected chi connectivity index (χ4v) is 1.56. The summed E-state index contributed by atoms with van der Waals surface area (Å²) < 4.78 is 5.14. The van der Waals surface area contributed by atoms with E-state index in [1.807, 2.05) is 6.92 Å². The van der Waals surface area contributed by atoms with E-state index in [0.29, 0.717) is 18.7 Å². The predicted octanol–water partition coefficient (Wildman–Crippen LogP) is 1.79. The third-order valence-corrected chi connectivity index (χ3v) is 2.45. The maximum absolute atomic E-state index is 12.1. The molecule has 2 N–H and O–H groups in total. The summed E-state index contributed by atoms with van der Waals surface area (Å²) in [5.41, 5.74) is 6.12. The Bertz CT molecular complexity index is 334. The van der Waals surface area contributed by atoms with Gasteiger partial charge in [0.05, 0.1) is 5.56 Å². The molecule has 0 fully saturated rings. The first-order chi connectivity index (χ1) is 7.69. The number of rotatable bonds is 6. The number of nitrogens with zero attached hydrogens (tertiary/aromatic N) is 1. The van der Waals surface area contributed by atoms with Crippen LogP contribution in [-0.4, -0.2) is 30.4 Å². The molecule has 1 aromatic rings. The van der Waals surface area contributed by atoms with Crippen LogP contribution < -0.4 is 5.73 Å². The highest BCUT2D eigenvalue weighted by molar-refractivity contribution is 5.94. The lowest BCUT2D eigenvalue weighted by molar-refractivity contribution is 0.0757. The van der Waals surface area contributed by atoms with Crippen LogP contribution in [0.3, 0.4) is 0 Å². The van der Waals surface area contributed by atoms with Crippen molar-refractivity contribution in [1.29, 1.82) is 0 Å². The number of unbranched alkanes of at least 4 members (excludes halogenated alkanes) is 1. The second-order valence-electron chi connectivity index (χ2n) is 3.88. The van der Waals surface area contributed by atoms with Crippen molar-refractivity contribution in [3.63, 3.8) is 0 Å². The SMILES string of the molecule is CCCCN(CCN)C(=O)c1coc(C)c1. The number of carbonyl (C=O) groups excluding carboxylic acids is 1. The molecule has 0 spiro atoms. The Morgan fingerprint density at radius 2 is 2.25 bits per heavy atom. The van der Waals surface area contributed by atoms with Crippen molar-refractivity contribution in [2.24, 2.45) is 5.73 Å². The normalized spacial score (nSPS) is 10.4. The van der Waals surface area contributed by atoms with E-state index in [9.17, 15) is 4.79 Å². The van der Waals surface area contributed by atoms with Gasteiger partial charge in [-0.2, -0.15) is 0 Å². The van der Waals surface area contributed by atoms with Gasteiger partial charge in [0.2, 0.25) is 0 Å². The molecule has 0 atom stereocenters. The molecule has 0 aliphatic rings. The van der Waals surface area contributed by atoms with Crippen molar-refractivity contribution in [3.8, 4) is 0 Å². The maximum atomic E-state index is 12.1. The van der Waals surface area contributed by atoms with Crippen molar-refractivity contribution in [2.75, 3.05) is 19.6 Å². The molecule has 0 saturated heterocycles. The molecule has 1 rings (SSSR count). The minimum atomic E-state index is 0.00995. The largest absolute Gasteiger partial charge is 0.469 e. The van der Waals surface area contributed by atoms with Crippen molar-refractivity contribution in [2.45, 2.75) is 26.7 Å². The average molecular weight is 224 g/mol. The molecule has 90 valence electrons. The predicted molar refractivity (Wildman–Crippen MR) is 63.3 cm³/mol. The average Bonchev–Trinajstić information content (AvgIpc) is 2.70. The molecule has 16 heavy (non-hydrogen) atoms. The molecule has 0 radical (unpaired) electrons. The molecule has 0 aliphatic carbocycles. The Kier molecular flexibility index (Phi) is 5.05. The first-order valence-electron chi connectivity index (χ1n) is 5.73. The standard InChI is InChI=1S/C12H20N2O2/c1-3-4-6-14(7-5-13)12(15)11-8-10(2)16-9-11/h8-9H,3-7,13H2,1-2H3. The zero-order valence-corrected chi connectivity index (χ0v) is 10.0. The molecule has 4 nitrogen and oxygen atoms in total. The zero-order valence-electron chi connectivity index (χ0n) is 10.0. The smallest absolute Gasteiger partial charge is 0.257 e. The summed E-state index contributed by atoms with van der Waals surface area (Å²) in [6, 6.07) is 1.76. The van der Waals surface area contributed by atoms with Gasteiger partial charge in [-0.25, -0.2) is 0 Å². The van der Waals surface area contributed by atoms with Gasteiger partial charge in [0.25, 0.3) is 5.91 Å². The van der Waals surface area contributed by atoms with E-state index >= 15 is 0 Å². The number of carbonyl (C=O) groups is 1. The topological polar surface area (TPSA) is 59.5 Å². The first-order valence-corrected chi connectivity index (χ1v) is 5.73. The van der Waals surface area contributed by atoms with Gasteiger partial charge in [0, 0.05) is 19.6 Å². The lowest BCUT2D eigenvalue weighted by Gasteiger charge is -2.20.